The molecule has 0 atom stereocenters. The van der Waals surface area contributed by atoms with Crippen molar-refractivity contribution in [1.29, 1.82) is 0 Å². The summed E-state index contributed by atoms with van der Waals surface area (Å²) in [4.78, 5) is 4.19. The zero-order chi connectivity index (χ0) is 14.2. The van der Waals surface area contributed by atoms with Gasteiger partial charge in [-0.1, -0.05) is 0 Å². The molecule has 7 nitrogen and oxygen atoms in total. The third-order valence-corrected chi connectivity index (χ3v) is 3.39. The van der Waals surface area contributed by atoms with E-state index in [1.54, 1.807) is 14.2 Å². The van der Waals surface area contributed by atoms with Crippen LogP contribution in [0.15, 0.2) is 4.99 Å². The van der Waals surface area contributed by atoms with Crippen molar-refractivity contribution in [2.75, 3.05) is 27.3 Å². The van der Waals surface area contributed by atoms with E-state index in [1.807, 2.05) is 0 Å². The SMILES string of the molecule is CN=C(NCCCOC)NCc1nnc2n1CCCC2.I. The Bertz CT molecular complexity index is 448. The third kappa shape index (κ3) is 5.42. The van der Waals surface area contributed by atoms with Crippen molar-refractivity contribution < 1.29 is 4.74 Å². The highest BCUT2D eigenvalue weighted by atomic mass is 127. The highest BCUT2D eigenvalue weighted by Gasteiger charge is 2.15. The Hall–Kier alpha value is -0.900. The van der Waals surface area contributed by atoms with E-state index in [0.29, 0.717) is 6.54 Å². The summed E-state index contributed by atoms with van der Waals surface area (Å²) in [7, 11) is 3.48. The first-order chi connectivity index (χ1) is 9.85. The number of aryl methyl sites for hydroxylation is 1. The number of fused-ring (bicyclic) bond motifs is 1. The Morgan fingerprint density at radius 3 is 2.95 bits per heavy atom. The van der Waals surface area contributed by atoms with Gasteiger partial charge in [0.15, 0.2) is 11.8 Å². The summed E-state index contributed by atoms with van der Waals surface area (Å²) in [5, 5.41) is 15.0. The second-order valence-electron chi connectivity index (χ2n) is 4.84. The standard InChI is InChI=1S/C13H24N6O.HI/c1-14-13(15-7-5-9-20-2)16-10-12-18-17-11-6-3-4-8-19(11)12;/h3-10H2,1-2H3,(H2,14,15,16);1H. The molecule has 2 N–H and O–H groups in total. The first-order valence-corrected chi connectivity index (χ1v) is 7.19. The Kier molecular flexibility index (Phi) is 8.58. The molecule has 0 aromatic carbocycles. The zero-order valence-corrected chi connectivity index (χ0v) is 15.1. The molecule has 1 aromatic heterocycles. The number of rotatable bonds is 6. The van der Waals surface area contributed by atoms with Gasteiger partial charge in [-0.2, -0.15) is 0 Å². The first-order valence-electron chi connectivity index (χ1n) is 7.19. The number of hydrogen-bond acceptors (Lipinski definition) is 4. The van der Waals surface area contributed by atoms with Crippen molar-refractivity contribution >= 4 is 29.9 Å². The summed E-state index contributed by atoms with van der Waals surface area (Å²) in [6, 6.07) is 0. The van der Waals surface area contributed by atoms with Crippen LogP contribution in [0.1, 0.15) is 30.9 Å². The Morgan fingerprint density at radius 1 is 1.33 bits per heavy atom. The summed E-state index contributed by atoms with van der Waals surface area (Å²) in [5.74, 6) is 2.88. The number of nitrogens with zero attached hydrogens (tertiary/aromatic N) is 4. The fourth-order valence-corrected chi connectivity index (χ4v) is 2.31. The van der Waals surface area contributed by atoms with Gasteiger partial charge in [-0.25, -0.2) is 0 Å². The van der Waals surface area contributed by atoms with E-state index in [-0.39, 0.29) is 24.0 Å². The van der Waals surface area contributed by atoms with Crippen LogP contribution in [0.3, 0.4) is 0 Å². The van der Waals surface area contributed by atoms with Gasteiger partial charge < -0.3 is 19.9 Å². The van der Waals surface area contributed by atoms with Gasteiger partial charge in [0.2, 0.25) is 0 Å². The molecule has 2 rings (SSSR count). The molecule has 8 heteroatoms. The molecule has 0 radical (unpaired) electrons. The van der Waals surface area contributed by atoms with Gasteiger partial charge in [0.1, 0.15) is 5.82 Å². The van der Waals surface area contributed by atoms with E-state index in [1.165, 1.54) is 12.8 Å². The van der Waals surface area contributed by atoms with Crippen molar-refractivity contribution in [1.82, 2.24) is 25.4 Å². The quantitative estimate of drug-likeness (QED) is 0.317. The molecule has 0 bridgehead atoms. The van der Waals surface area contributed by atoms with E-state index in [0.717, 1.165) is 50.1 Å². The molecule has 21 heavy (non-hydrogen) atoms. The molecule has 120 valence electrons. The second-order valence-corrected chi connectivity index (χ2v) is 4.84. The fourth-order valence-electron chi connectivity index (χ4n) is 2.31. The summed E-state index contributed by atoms with van der Waals surface area (Å²) < 4.78 is 7.23. The average Bonchev–Trinajstić information content (AvgIpc) is 2.90. The van der Waals surface area contributed by atoms with Crippen LogP contribution < -0.4 is 10.6 Å². The van der Waals surface area contributed by atoms with Gasteiger partial charge in [-0.15, -0.1) is 34.2 Å². The molecule has 2 heterocycles. The van der Waals surface area contributed by atoms with Crippen molar-refractivity contribution in [3.8, 4) is 0 Å². The average molecular weight is 408 g/mol. The van der Waals surface area contributed by atoms with Gasteiger partial charge in [-0.05, 0) is 19.3 Å². The number of guanidine groups is 1. The number of methoxy groups -OCH3 is 1. The maximum Gasteiger partial charge on any atom is 0.191 e. The van der Waals surface area contributed by atoms with Crippen molar-refractivity contribution in [3.05, 3.63) is 11.6 Å². The lowest BCUT2D eigenvalue weighted by Gasteiger charge is -2.16. The summed E-state index contributed by atoms with van der Waals surface area (Å²) in [6.45, 7) is 3.27. The minimum absolute atomic E-state index is 0. The predicted octanol–water partition coefficient (Wildman–Crippen LogP) is 0.934. The number of aromatic nitrogens is 3. The number of ether oxygens (including phenoxy) is 1. The lowest BCUT2D eigenvalue weighted by molar-refractivity contribution is 0.195. The highest BCUT2D eigenvalue weighted by molar-refractivity contribution is 14.0. The lowest BCUT2D eigenvalue weighted by atomic mass is 10.2. The summed E-state index contributed by atoms with van der Waals surface area (Å²) in [5.41, 5.74) is 0. The van der Waals surface area contributed by atoms with Crippen molar-refractivity contribution in [2.24, 2.45) is 4.99 Å². The minimum Gasteiger partial charge on any atom is -0.385 e. The Labute approximate surface area is 143 Å². The van der Waals surface area contributed by atoms with E-state index in [4.69, 9.17) is 4.74 Å². The molecule has 1 aliphatic rings. The zero-order valence-electron chi connectivity index (χ0n) is 12.8. The van der Waals surface area contributed by atoms with Crippen molar-refractivity contribution in [3.63, 3.8) is 0 Å². The molecule has 0 fully saturated rings. The van der Waals surface area contributed by atoms with Gasteiger partial charge in [0, 0.05) is 40.3 Å². The second kappa shape index (κ2) is 9.93. The normalized spacial score (nSPS) is 14.3. The fraction of sp³-hybridized carbons (Fsp3) is 0.769. The molecule has 0 amide bonds. The molecular weight excluding hydrogens is 383 g/mol. The van der Waals surface area contributed by atoms with E-state index >= 15 is 0 Å². The van der Waals surface area contributed by atoms with Crippen LogP contribution in [0.25, 0.3) is 0 Å². The lowest BCUT2D eigenvalue weighted by Crippen LogP contribution is -2.38. The molecule has 0 spiro atoms. The maximum absolute atomic E-state index is 5.02. The van der Waals surface area contributed by atoms with Crippen molar-refractivity contribution in [2.45, 2.75) is 38.8 Å². The van der Waals surface area contributed by atoms with E-state index in [9.17, 15) is 0 Å². The van der Waals surface area contributed by atoms with Crippen LogP contribution in [-0.2, 0) is 24.2 Å². The van der Waals surface area contributed by atoms with Crippen LogP contribution in [0.5, 0.6) is 0 Å². The maximum atomic E-state index is 5.02. The van der Waals surface area contributed by atoms with Gasteiger partial charge in [-0.3, -0.25) is 4.99 Å². The number of hydrogen-bond donors (Lipinski definition) is 2. The molecule has 0 unspecified atom stereocenters. The largest absolute Gasteiger partial charge is 0.385 e. The number of aliphatic imine (C=N–C) groups is 1. The van der Waals surface area contributed by atoms with E-state index < -0.39 is 0 Å². The summed E-state index contributed by atoms with van der Waals surface area (Å²) in [6.07, 6.45) is 4.42. The molecule has 0 saturated carbocycles. The van der Waals surface area contributed by atoms with Gasteiger partial charge >= 0.3 is 0 Å². The Balaban J connectivity index is 0.00000220. The molecular formula is C13H25IN6O. The summed E-state index contributed by atoms with van der Waals surface area (Å²) >= 11 is 0. The van der Waals surface area contributed by atoms with Crippen LogP contribution in [0.4, 0.5) is 0 Å². The van der Waals surface area contributed by atoms with Crippen LogP contribution >= 0.6 is 24.0 Å². The smallest absolute Gasteiger partial charge is 0.191 e. The van der Waals surface area contributed by atoms with Crippen LogP contribution in [0, 0.1) is 0 Å². The topological polar surface area (TPSA) is 76.4 Å². The van der Waals surface area contributed by atoms with Crippen LogP contribution in [-0.4, -0.2) is 48.0 Å². The molecule has 1 aliphatic heterocycles. The first kappa shape index (κ1) is 18.1. The Morgan fingerprint density at radius 2 is 2.19 bits per heavy atom. The third-order valence-electron chi connectivity index (χ3n) is 3.39. The predicted molar refractivity (Wildman–Crippen MR) is 93.1 cm³/mol. The number of nitrogens with one attached hydrogen (secondary N) is 2. The monoisotopic (exact) mass is 408 g/mol. The van der Waals surface area contributed by atoms with E-state index in [2.05, 4.69) is 30.4 Å². The van der Waals surface area contributed by atoms with Gasteiger partial charge in [0.25, 0.3) is 0 Å². The van der Waals surface area contributed by atoms with Crippen LogP contribution in [0.2, 0.25) is 0 Å². The minimum atomic E-state index is 0. The number of halogens is 1. The molecule has 0 aliphatic carbocycles. The molecule has 0 saturated heterocycles. The van der Waals surface area contributed by atoms with Gasteiger partial charge in [0.05, 0.1) is 6.54 Å². The molecule has 1 aromatic rings. The highest BCUT2D eigenvalue weighted by Crippen LogP contribution is 2.13.